The molecular weight excluding hydrogens is 280 g/mol. The van der Waals surface area contributed by atoms with Crippen LogP contribution in [0.1, 0.15) is 10.4 Å². The number of amides is 1. The molecule has 0 atom stereocenters. The van der Waals surface area contributed by atoms with Gasteiger partial charge in [0.15, 0.2) is 0 Å². The molecular formula is C14H13ClN2O3. The standard InChI is InChI=1S/C14H13ClN2O3/c1-20-13-5-3-9(16)7-11(13)17-14(19)8-2-4-12(18)10(15)6-8/h2-7,18H,16H2,1H3,(H,17,19). The summed E-state index contributed by atoms with van der Waals surface area (Å²) in [7, 11) is 1.50. The summed E-state index contributed by atoms with van der Waals surface area (Å²) in [5.74, 6) is 0.0398. The molecule has 2 aromatic carbocycles. The molecule has 0 bridgehead atoms. The van der Waals surface area contributed by atoms with E-state index in [1.54, 1.807) is 18.2 Å². The van der Waals surface area contributed by atoms with Crippen LogP contribution in [0.15, 0.2) is 36.4 Å². The number of benzene rings is 2. The van der Waals surface area contributed by atoms with Crippen molar-refractivity contribution in [3.05, 3.63) is 47.0 Å². The first kappa shape index (κ1) is 14.0. The van der Waals surface area contributed by atoms with Crippen LogP contribution >= 0.6 is 11.6 Å². The number of phenols is 1. The molecule has 6 heteroatoms. The molecule has 0 aromatic heterocycles. The second-order valence-electron chi connectivity index (χ2n) is 4.08. The first-order valence-electron chi connectivity index (χ1n) is 5.74. The fraction of sp³-hybridized carbons (Fsp3) is 0.0714. The Hall–Kier alpha value is -2.40. The minimum atomic E-state index is -0.379. The maximum absolute atomic E-state index is 12.1. The third kappa shape index (κ3) is 2.95. The van der Waals surface area contributed by atoms with Gasteiger partial charge in [0.25, 0.3) is 5.91 Å². The van der Waals surface area contributed by atoms with Crippen LogP contribution in [0, 0.1) is 0 Å². The second kappa shape index (κ2) is 5.71. The molecule has 0 aliphatic heterocycles. The number of carbonyl (C=O) groups is 1. The molecule has 2 rings (SSSR count). The summed E-state index contributed by atoms with van der Waals surface area (Å²) in [5, 5.41) is 12.1. The number of rotatable bonds is 3. The zero-order chi connectivity index (χ0) is 14.7. The number of nitrogens with one attached hydrogen (secondary N) is 1. The van der Waals surface area contributed by atoms with Crippen molar-refractivity contribution < 1.29 is 14.6 Å². The van der Waals surface area contributed by atoms with Gasteiger partial charge < -0.3 is 20.9 Å². The molecule has 4 N–H and O–H groups in total. The van der Waals surface area contributed by atoms with E-state index in [2.05, 4.69) is 5.32 Å². The van der Waals surface area contributed by atoms with E-state index in [0.717, 1.165) is 0 Å². The third-order valence-corrected chi connectivity index (χ3v) is 2.98. The summed E-state index contributed by atoms with van der Waals surface area (Å²) in [6.07, 6.45) is 0. The van der Waals surface area contributed by atoms with Crippen molar-refractivity contribution in [1.82, 2.24) is 0 Å². The Bertz CT molecular complexity index is 659. The summed E-state index contributed by atoms with van der Waals surface area (Å²) >= 11 is 5.77. The lowest BCUT2D eigenvalue weighted by atomic mass is 10.2. The van der Waals surface area contributed by atoms with Crippen LogP contribution < -0.4 is 15.8 Å². The Morgan fingerprint density at radius 2 is 2.05 bits per heavy atom. The average molecular weight is 293 g/mol. The predicted octanol–water partition coefficient (Wildman–Crippen LogP) is 2.89. The molecule has 20 heavy (non-hydrogen) atoms. The quantitative estimate of drug-likeness (QED) is 0.759. The van der Waals surface area contributed by atoms with Crippen molar-refractivity contribution in [1.29, 1.82) is 0 Å². The molecule has 0 radical (unpaired) electrons. The van der Waals surface area contributed by atoms with Gasteiger partial charge in [0.2, 0.25) is 0 Å². The van der Waals surface area contributed by atoms with E-state index in [0.29, 0.717) is 22.7 Å². The first-order chi connectivity index (χ1) is 9.51. The van der Waals surface area contributed by atoms with E-state index in [1.807, 2.05) is 0 Å². The Morgan fingerprint density at radius 1 is 1.30 bits per heavy atom. The van der Waals surface area contributed by atoms with Crippen LogP contribution in [0.25, 0.3) is 0 Å². The molecule has 1 amide bonds. The number of nitrogen functional groups attached to an aromatic ring is 1. The molecule has 0 aliphatic carbocycles. The van der Waals surface area contributed by atoms with Crippen molar-refractivity contribution in [2.24, 2.45) is 0 Å². The summed E-state index contributed by atoms with van der Waals surface area (Å²) in [6.45, 7) is 0. The fourth-order valence-electron chi connectivity index (χ4n) is 1.67. The van der Waals surface area contributed by atoms with Crippen molar-refractivity contribution in [3.8, 4) is 11.5 Å². The molecule has 0 heterocycles. The van der Waals surface area contributed by atoms with E-state index in [9.17, 15) is 9.90 Å². The number of phenolic OH excluding ortho intramolecular Hbond substituents is 1. The van der Waals surface area contributed by atoms with E-state index >= 15 is 0 Å². The van der Waals surface area contributed by atoms with Gasteiger partial charge in [-0.05, 0) is 36.4 Å². The smallest absolute Gasteiger partial charge is 0.255 e. The van der Waals surface area contributed by atoms with Crippen molar-refractivity contribution in [3.63, 3.8) is 0 Å². The highest BCUT2D eigenvalue weighted by molar-refractivity contribution is 6.32. The minimum absolute atomic E-state index is 0.0789. The topological polar surface area (TPSA) is 84.6 Å². The molecule has 0 saturated heterocycles. The number of hydrogen-bond acceptors (Lipinski definition) is 4. The van der Waals surface area contributed by atoms with Crippen LogP contribution in [0.2, 0.25) is 5.02 Å². The summed E-state index contributed by atoms with van der Waals surface area (Å²) < 4.78 is 5.14. The second-order valence-corrected chi connectivity index (χ2v) is 4.49. The highest BCUT2D eigenvalue weighted by Gasteiger charge is 2.11. The van der Waals surface area contributed by atoms with Gasteiger partial charge in [0.1, 0.15) is 11.5 Å². The molecule has 5 nitrogen and oxygen atoms in total. The highest BCUT2D eigenvalue weighted by Crippen LogP contribution is 2.28. The SMILES string of the molecule is COc1ccc(N)cc1NC(=O)c1ccc(O)c(Cl)c1. The summed E-state index contributed by atoms with van der Waals surface area (Å²) in [5.41, 5.74) is 6.96. The van der Waals surface area contributed by atoms with Gasteiger partial charge in [-0.25, -0.2) is 0 Å². The van der Waals surface area contributed by atoms with Crippen LogP contribution in [-0.2, 0) is 0 Å². The number of halogens is 1. The summed E-state index contributed by atoms with van der Waals surface area (Å²) in [4.78, 5) is 12.1. The Morgan fingerprint density at radius 3 is 2.70 bits per heavy atom. The van der Waals surface area contributed by atoms with Crippen molar-refractivity contribution in [2.45, 2.75) is 0 Å². The van der Waals surface area contributed by atoms with Gasteiger partial charge in [-0.3, -0.25) is 4.79 Å². The van der Waals surface area contributed by atoms with Crippen LogP contribution in [0.4, 0.5) is 11.4 Å². The Balaban J connectivity index is 2.27. The molecule has 0 aliphatic rings. The number of methoxy groups -OCH3 is 1. The van der Waals surface area contributed by atoms with E-state index in [1.165, 1.54) is 25.3 Å². The van der Waals surface area contributed by atoms with Gasteiger partial charge in [0.05, 0.1) is 17.8 Å². The summed E-state index contributed by atoms with van der Waals surface area (Å²) in [6, 6.07) is 9.13. The number of ether oxygens (including phenoxy) is 1. The van der Waals surface area contributed by atoms with Crippen LogP contribution in [0.3, 0.4) is 0 Å². The number of hydrogen-bond donors (Lipinski definition) is 3. The monoisotopic (exact) mass is 292 g/mol. The van der Waals surface area contributed by atoms with Gasteiger partial charge in [-0.15, -0.1) is 0 Å². The maximum Gasteiger partial charge on any atom is 0.255 e. The van der Waals surface area contributed by atoms with Crippen LogP contribution in [0.5, 0.6) is 11.5 Å². The van der Waals surface area contributed by atoms with E-state index in [-0.39, 0.29) is 16.7 Å². The minimum Gasteiger partial charge on any atom is -0.506 e. The normalized spacial score (nSPS) is 10.1. The first-order valence-corrected chi connectivity index (χ1v) is 6.12. The number of aromatic hydroxyl groups is 1. The molecule has 0 unspecified atom stereocenters. The Labute approximate surface area is 120 Å². The largest absolute Gasteiger partial charge is 0.506 e. The molecule has 0 spiro atoms. The van der Waals surface area contributed by atoms with Gasteiger partial charge in [-0.1, -0.05) is 11.6 Å². The van der Waals surface area contributed by atoms with Gasteiger partial charge >= 0.3 is 0 Å². The van der Waals surface area contributed by atoms with Crippen molar-refractivity contribution in [2.75, 3.05) is 18.2 Å². The predicted molar refractivity (Wildman–Crippen MR) is 78.5 cm³/mol. The number of nitrogens with two attached hydrogens (primary N) is 1. The molecule has 104 valence electrons. The van der Waals surface area contributed by atoms with Crippen LogP contribution in [-0.4, -0.2) is 18.1 Å². The number of anilines is 2. The fourth-order valence-corrected chi connectivity index (χ4v) is 1.85. The van der Waals surface area contributed by atoms with Crippen molar-refractivity contribution >= 4 is 28.9 Å². The lowest BCUT2D eigenvalue weighted by molar-refractivity contribution is 0.102. The zero-order valence-electron chi connectivity index (χ0n) is 10.7. The molecule has 0 fully saturated rings. The Kier molecular flexibility index (Phi) is 4.00. The number of carbonyl (C=O) groups excluding carboxylic acids is 1. The van der Waals surface area contributed by atoms with E-state index < -0.39 is 0 Å². The highest BCUT2D eigenvalue weighted by atomic mass is 35.5. The van der Waals surface area contributed by atoms with E-state index in [4.69, 9.17) is 22.1 Å². The zero-order valence-corrected chi connectivity index (χ0v) is 11.4. The molecule has 0 saturated carbocycles. The van der Waals surface area contributed by atoms with Gasteiger partial charge in [-0.2, -0.15) is 0 Å². The molecule has 2 aromatic rings. The van der Waals surface area contributed by atoms with Gasteiger partial charge in [0, 0.05) is 11.3 Å². The maximum atomic E-state index is 12.1. The lowest BCUT2D eigenvalue weighted by Crippen LogP contribution is -2.12. The third-order valence-electron chi connectivity index (χ3n) is 2.68. The average Bonchev–Trinajstić information content (AvgIpc) is 2.42. The lowest BCUT2D eigenvalue weighted by Gasteiger charge is -2.11.